The molecule has 4 aromatic rings. The van der Waals surface area contributed by atoms with Crippen LogP contribution in [0.3, 0.4) is 0 Å². The van der Waals surface area contributed by atoms with E-state index in [1.165, 1.54) is 35.0 Å². The first-order valence-electron chi connectivity index (χ1n) is 11.3. The van der Waals surface area contributed by atoms with Crippen LogP contribution in [0.4, 0.5) is 14.6 Å². The van der Waals surface area contributed by atoms with E-state index in [-0.39, 0.29) is 39.0 Å². The molecule has 0 spiro atoms. The van der Waals surface area contributed by atoms with Crippen LogP contribution in [0.5, 0.6) is 0 Å². The Kier molecular flexibility index (Phi) is 5.15. The van der Waals surface area contributed by atoms with Crippen LogP contribution in [0.15, 0.2) is 41.3 Å². The predicted octanol–water partition coefficient (Wildman–Crippen LogP) is 3.64. The second-order valence-electron chi connectivity index (χ2n) is 8.80. The molecular formula is C25H19ClF2N6O2. The summed E-state index contributed by atoms with van der Waals surface area (Å²) in [6, 6.07) is 6.93. The van der Waals surface area contributed by atoms with Crippen molar-refractivity contribution in [1.29, 1.82) is 0 Å². The van der Waals surface area contributed by atoms with E-state index in [2.05, 4.69) is 20.3 Å². The summed E-state index contributed by atoms with van der Waals surface area (Å²) >= 11 is 6.07. The van der Waals surface area contributed by atoms with E-state index < -0.39 is 23.4 Å². The molecule has 36 heavy (non-hydrogen) atoms. The van der Waals surface area contributed by atoms with Crippen LogP contribution in [0.1, 0.15) is 39.9 Å². The van der Waals surface area contributed by atoms with E-state index in [4.69, 9.17) is 17.3 Å². The Morgan fingerprint density at radius 1 is 1.08 bits per heavy atom. The highest BCUT2D eigenvalue weighted by Crippen LogP contribution is 2.39. The number of imidazole rings is 1. The molecule has 0 bridgehead atoms. The smallest absolute Gasteiger partial charge is 0.253 e. The third-order valence-electron chi connectivity index (χ3n) is 6.75. The molecule has 2 aliphatic rings. The number of aromatic amines is 1. The minimum absolute atomic E-state index is 0.0568. The van der Waals surface area contributed by atoms with Crippen molar-refractivity contribution in [2.45, 2.75) is 25.3 Å². The number of rotatable bonds is 2. The maximum atomic E-state index is 15.2. The maximum absolute atomic E-state index is 15.2. The molecular weight excluding hydrogens is 490 g/mol. The number of fused-ring (bicyclic) bond motifs is 5. The van der Waals surface area contributed by atoms with Crippen LogP contribution >= 0.6 is 11.6 Å². The lowest BCUT2D eigenvalue weighted by molar-refractivity contribution is 0.0952. The van der Waals surface area contributed by atoms with Gasteiger partial charge in [-0.15, -0.1) is 0 Å². The fourth-order valence-electron chi connectivity index (χ4n) is 5.15. The van der Waals surface area contributed by atoms with Crippen LogP contribution < -0.4 is 16.6 Å². The van der Waals surface area contributed by atoms with Gasteiger partial charge in [0.15, 0.2) is 0 Å². The van der Waals surface area contributed by atoms with Crippen LogP contribution in [0, 0.1) is 11.8 Å². The Morgan fingerprint density at radius 3 is 2.72 bits per heavy atom. The Hall–Kier alpha value is -4.05. The molecule has 3 aromatic heterocycles. The van der Waals surface area contributed by atoms with E-state index in [0.717, 1.165) is 0 Å². The molecule has 6 rings (SSSR count). The molecule has 0 saturated heterocycles. The average Bonchev–Trinajstić information content (AvgIpc) is 3.48. The standard InChI is InChI=1S/C25H19ClF2N6O2/c26-14-3-1-11-7-8-30-25(36)21-13(20(11)22(14)27)9-19(35)34-16(21)4-5-17(34)24-31-10-15(32-24)12-2-6-18(29)33-23(12)28/h1-3,6,9-10,17H,4-5,7-8H2,(H2,29,33)(H,30,36)(H,31,32)/t17-/m1/s1. The van der Waals surface area contributed by atoms with Crippen molar-refractivity contribution in [3.63, 3.8) is 0 Å². The third kappa shape index (κ3) is 3.40. The summed E-state index contributed by atoms with van der Waals surface area (Å²) in [6.45, 7) is 0.317. The summed E-state index contributed by atoms with van der Waals surface area (Å²) in [5.74, 6) is -1.29. The topological polar surface area (TPSA) is 119 Å². The number of halogens is 3. The monoisotopic (exact) mass is 508 g/mol. The van der Waals surface area contributed by atoms with Gasteiger partial charge < -0.3 is 20.6 Å². The lowest BCUT2D eigenvalue weighted by Crippen LogP contribution is -2.33. The zero-order valence-corrected chi connectivity index (χ0v) is 19.5. The average molecular weight is 509 g/mol. The van der Waals surface area contributed by atoms with Gasteiger partial charge in [0.05, 0.1) is 34.1 Å². The minimum Gasteiger partial charge on any atom is -0.384 e. The zero-order chi connectivity index (χ0) is 25.1. The van der Waals surface area contributed by atoms with Crippen LogP contribution in [0.2, 0.25) is 5.02 Å². The Balaban J connectivity index is 1.50. The molecule has 0 saturated carbocycles. The van der Waals surface area contributed by atoms with Crippen molar-refractivity contribution < 1.29 is 13.6 Å². The van der Waals surface area contributed by atoms with Crippen molar-refractivity contribution in [3.8, 4) is 22.4 Å². The van der Waals surface area contributed by atoms with E-state index in [9.17, 15) is 14.0 Å². The molecule has 1 atom stereocenters. The number of carbonyl (C=O) groups is 1. The van der Waals surface area contributed by atoms with Crippen LogP contribution in [0.25, 0.3) is 22.4 Å². The summed E-state index contributed by atoms with van der Waals surface area (Å²) in [5.41, 5.74) is 7.52. The number of benzene rings is 1. The lowest BCUT2D eigenvalue weighted by atomic mass is 9.90. The summed E-state index contributed by atoms with van der Waals surface area (Å²) in [6.07, 6.45) is 2.73. The first-order chi connectivity index (χ1) is 17.3. The summed E-state index contributed by atoms with van der Waals surface area (Å²) in [5, 5.41) is 2.79. The molecule has 1 amide bonds. The van der Waals surface area contributed by atoms with Gasteiger partial charge in [-0.1, -0.05) is 17.7 Å². The number of hydrogen-bond acceptors (Lipinski definition) is 5. The molecule has 8 nitrogen and oxygen atoms in total. The highest BCUT2D eigenvalue weighted by Gasteiger charge is 2.34. The van der Waals surface area contributed by atoms with Crippen molar-refractivity contribution in [1.82, 2.24) is 24.8 Å². The quantitative estimate of drug-likeness (QED) is 0.357. The number of aromatic nitrogens is 4. The number of hydrogen-bond donors (Lipinski definition) is 3. The SMILES string of the molecule is Nc1ccc(-c2cnc([C@H]3CCc4c5c(cc(=O)n43)-c3c(ccc(Cl)c3F)CCNC5=O)[nH]2)c(F)n1. The van der Waals surface area contributed by atoms with Gasteiger partial charge in [-0.3, -0.25) is 9.59 Å². The van der Waals surface area contributed by atoms with Crippen LogP contribution in [-0.2, 0) is 12.8 Å². The third-order valence-corrected chi connectivity index (χ3v) is 7.04. The molecule has 182 valence electrons. The van der Waals surface area contributed by atoms with Gasteiger partial charge in [0.2, 0.25) is 5.95 Å². The predicted molar refractivity (Wildman–Crippen MR) is 130 cm³/mol. The number of nitrogens with two attached hydrogens (primary N) is 1. The van der Waals surface area contributed by atoms with Gasteiger partial charge >= 0.3 is 0 Å². The van der Waals surface area contributed by atoms with Gasteiger partial charge in [0.25, 0.3) is 11.5 Å². The molecule has 4 N–H and O–H groups in total. The molecule has 0 radical (unpaired) electrons. The zero-order valence-electron chi connectivity index (χ0n) is 18.7. The van der Waals surface area contributed by atoms with Gasteiger partial charge in [-0.25, -0.2) is 14.4 Å². The maximum Gasteiger partial charge on any atom is 0.253 e. The summed E-state index contributed by atoms with van der Waals surface area (Å²) in [7, 11) is 0. The Labute approximate surface area is 208 Å². The van der Waals surface area contributed by atoms with Crippen molar-refractivity contribution >= 4 is 23.3 Å². The second-order valence-corrected chi connectivity index (χ2v) is 9.21. The summed E-state index contributed by atoms with van der Waals surface area (Å²) in [4.78, 5) is 37.7. The first-order valence-corrected chi connectivity index (χ1v) is 11.7. The number of nitrogens with zero attached hydrogens (tertiary/aromatic N) is 3. The normalized spacial score (nSPS) is 16.5. The van der Waals surface area contributed by atoms with E-state index >= 15 is 4.39 Å². The fourth-order valence-corrected chi connectivity index (χ4v) is 5.31. The highest BCUT2D eigenvalue weighted by atomic mass is 35.5. The van der Waals surface area contributed by atoms with E-state index in [1.807, 2.05) is 0 Å². The molecule has 0 aliphatic carbocycles. The fraction of sp³-hybridized carbons (Fsp3) is 0.200. The number of anilines is 1. The minimum atomic E-state index is -0.744. The lowest BCUT2D eigenvalue weighted by Gasteiger charge is -2.22. The highest BCUT2D eigenvalue weighted by molar-refractivity contribution is 6.31. The van der Waals surface area contributed by atoms with E-state index in [0.29, 0.717) is 48.6 Å². The van der Waals surface area contributed by atoms with Crippen molar-refractivity contribution in [2.75, 3.05) is 12.3 Å². The first kappa shape index (κ1) is 22.4. The van der Waals surface area contributed by atoms with Gasteiger partial charge in [0, 0.05) is 29.4 Å². The largest absolute Gasteiger partial charge is 0.384 e. The molecule has 2 aliphatic heterocycles. The number of carbonyl (C=O) groups excluding carboxylic acids is 1. The molecule has 11 heteroatoms. The summed E-state index contributed by atoms with van der Waals surface area (Å²) < 4.78 is 31.1. The number of H-pyrrole nitrogens is 1. The van der Waals surface area contributed by atoms with Crippen molar-refractivity contribution in [3.05, 3.63) is 86.3 Å². The van der Waals surface area contributed by atoms with E-state index in [1.54, 1.807) is 6.07 Å². The molecule has 5 heterocycles. The number of pyridine rings is 2. The molecule has 1 aromatic carbocycles. The number of nitrogen functional groups attached to an aromatic ring is 1. The Bertz CT molecular complexity index is 1630. The Morgan fingerprint density at radius 2 is 1.92 bits per heavy atom. The van der Waals surface area contributed by atoms with Crippen LogP contribution in [-0.4, -0.2) is 32.0 Å². The molecule has 0 unspecified atom stereocenters. The van der Waals surface area contributed by atoms with Gasteiger partial charge in [-0.2, -0.15) is 4.39 Å². The van der Waals surface area contributed by atoms with Crippen molar-refractivity contribution in [2.24, 2.45) is 0 Å². The van der Waals surface area contributed by atoms with Gasteiger partial charge in [0.1, 0.15) is 17.5 Å². The number of nitrogens with one attached hydrogen (secondary N) is 2. The van der Waals surface area contributed by atoms with Gasteiger partial charge in [-0.05, 0) is 43.0 Å². The molecule has 0 fully saturated rings. The second kappa shape index (κ2) is 8.27. The number of amides is 1.